The fourth-order valence-electron chi connectivity index (χ4n) is 2.13. The summed E-state index contributed by atoms with van der Waals surface area (Å²) < 4.78 is 0. The zero-order valence-corrected chi connectivity index (χ0v) is 10.8. The lowest BCUT2D eigenvalue weighted by atomic mass is 9.96. The Morgan fingerprint density at radius 1 is 1.41 bits per heavy atom. The Hall–Kier alpha value is -1.51. The Balaban J connectivity index is 2.35. The summed E-state index contributed by atoms with van der Waals surface area (Å²) in [5.74, 6) is 0.126. The molecule has 0 saturated heterocycles. The molecule has 0 bridgehead atoms. The van der Waals surface area contributed by atoms with Crippen molar-refractivity contribution in [2.75, 3.05) is 18.9 Å². The van der Waals surface area contributed by atoms with Crippen LogP contribution in [0.5, 0.6) is 0 Å². The lowest BCUT2D eigenvalue weighted by Gasteiger charge is -2.25. The van der Waals surface area contributed by atoms with E-state index in [0.29, 0.717) is 0 Å². The minimum Gasteiger partial charge on any atom is -0.385 e. The van der Waals surface area contributed by atoms with E-state index in [9.17, 15) is 4.79 Å². The summed E-state index contributed by atoms with van der Waals surface area (Å²) in [7, 11) is 1.86. The molecule has 1 aliphatic rings. The molecule has 1 aromatic carbocycles. The van der Waals surface area contributed by atoms with Crippen LogP contribution in [0, 0.1) is 0 Å². The van der Waals surface area contributed by atoms with Crippen molar-refractivity contribution >= 4 is 11.6 Å². The first-order valence-corrected chi connectivity index (χ1v) is 6.24. The average Bonchev–Trinajstić information content (AvgIpc) is 2.36. The van der Waals surface area contributed by atoms with Crippen LogP contribution in [0.25, 0.3) is 0 Å². The first-order chi connectivity index (χ1) is 8.11. The zero-order chi connectivity index (χ0) is 12.4. The van der Waals surface area contributed by atoms with Crippen LogP contribution in [0.15, 0.2) is 18.2 Å². The molecule has 1 heterocycles. The van der Waals surface area contributed by atoms with Gasteiger partial charge in [0.25, 0.3) is 5.91 Å². The van der Waals surface area contributed by atoms with E-state index in [1.54, 1.807) is 4.90 Å². The third-order valence-electron chi connectivity index (χ3n) is 3.42. The molecule has 2 rings (SSSR count). The van der Waals surface area contributed by atoms with Crippen LogP contribution >= 0.6 is 0 Å². The van der Waals surface area contributed by atoms with E-state index in [4.69, 9.17) is 0 Å². The first-order valence-electron chi connectivity index (χ1n) is 6.24. The second-order valence-electron chi connectivity index (χ2n) is 4.87. The molecule has 0 spiro atoms. The number of anilines is 1. The van der Waals surface area contributed by atoms with Crippen LogP contribution < -0.4 is 5.32 Å². The molecule has 1 aromatic rings. The number of hydrogen-bond donors (Lipinski definition) is 1. The Morgan fingerprint density at radius 3 is 2.88 bits per heavy atom. The summed E-state index contributed by atoms with van der Waals surface area (Å²) in [6.45, 7) is 5.07. The van der Waals surface area contributed by atoms with Crippen molar-refractivity contribution in [2.24, 2.45) is 0 Å². The van der Waals surface area contributed by atoms with E-state index >= 15 is 0 Å². The highest BCUT2D eigenvalue weighted by atomic mass is 16.2. The number of amides is 1. The number of nitrogens with zero attached hydrogens (tertiary/aromatic N) is 1. The third kappa shape index (κ3) is 2.28. The van der Waals surface area contributed by atoms with Crippen LogP contribution in [0.1, 0.15) is 36.2 Å². The van der Waals surface area contributed by atoms with E-state index in [0.717, 1.165) is 30.6 Å². The molecule has 1 aliphatic heterocycles. The molecular weight excluding hydrogens is 212 g/mol. The summed E-state index contributed by atoms with van der Waals surface area (Å²) in [6.07, 6.45) is 2.10. The molecule has 0 fully saturated rings. The molecule has 0 unspecified atom stereocenters. The normalized spacial score (nSPS) is 14.1. The van der Waals surface area contributed by atoms with Gasteiger partial charge in [-0.05, 0) is 44.4 Å². The largest absolute Gasteiger partial charge is 0.385 e. The van der Waals surface area contributed by atoms with E-state index in [1.807, 2.05) is 33.0 Å². The number of hydrogen-bond acceptors (Lipinski definition) is 2. The standard InChI is InChI=1S/C14H20N2O/c1-10(2)16(3)14(17)12-6-4-8-13-11(12)7-5-9-15-13/h4,6,8,10,15H,5,7,9H2,1-3H3. The van der Waals surface area contributed by atoms with Crippen LogP contribution in [-0.2, 0) is 6.42 Å². The van der Waals surface area contributed by atoms with Gasteiger partial charge in [-0.15, -0.1) is 0 Å². The van der Waals surface area contributed by atoms with E-state index in [-0.39, 0.29) is 11.9 Å². The highest BCUT2D eigenvalue weighted by Gasteiger charge is 2.20. The average molecular weight is 232 g/mol. The molecule has 0 atom stereocenters. The van der Waals surface area contributed by atoms with E-state index < -0.39 is 0 Å². The minimum absolute atomic E-state index is 0.126. The fourth-order valence-corrected chi connectivity index (χ4v) is 2.13. The van der Waals surface area contributed by atoms with Gasteiger partial charge in [0.2, 0.25) is 0 Å². The van der Waals surface area contributed by atoms with Crippen molar-refractivity contribution in [1.29, 1.82) is 0 Å². The van der Waals surface area contributed by atoms with Gasteiger partial charge >= 0.3 is 0 Å². The molecule has 3 nitrogen and oxygen atoms in total. The summed E-state index contributed by atoms with van der Waals surface area (Å²) in [5.41, 5.74) is 3.15. The van der Waals surface area contributed by atoms with Crippen molar-refractivity contribution in [3.63, 3.8) is 0 Å². The molecule has 3 heteroatoms. The van der Waals surface area contributed by atoms with Crippen LogP contribution in [0.3, 0.4) is 0 Å². The van der Waals surface area contributed by atoms with Crippen molar-refractivity contribution in [2.45, 2.75) is 32.7 Å². The minimum atomic E-state index is 0.126. The monoisotopic (exact) mass is 232 g/mol. The Bertz CT molecular complexity index is 426. The fraction of sp³-hybridized carbons (Fsp3) is 0.500. The number of carbonyl (C=O) groups is 1. The van der Waals surface area contributed by atoms with Gasteiger partial charge in [-0.3, -0.25) is 4.79 Å². The van der Waals surface area contributed by atoms with E-state index in [2.05, 4.69) is 11.4 Å². The van der Waals surface area contributed by atoms with Crippen molar-refractivity contribution in [3.8, 4) is 0 Å². The van der Waals surface area contributed by atoms with Gasteiger partial charge in [0.05, 0.1) is 0 Å². The number of benzene rings is 1. The highest BCUT2D eigenvalue weighted by molar-refractivity contribution is 5.97. The smallest absolute Gasteiger partial charge is 0.254 e. The SMILES string of the molecule is CC(C)N(C)C(=O)c1cccc2c1CCCN2. The molecule has 1 N–H and O–H groups in total. The van der Waals surface area contributed by atoms with E-state index in [1.165, 1.54) is 5.56 Å². The zero-order valence-electron chi connectivity index (χ0n) is 10.8. The summed E-state index contributed by atoms with van der Waals surface area (Å²) in [6, 6.07) is 6.18. The van der Waals surface area contributed by atoms with Gasteiger partial charge in [-0.25, -0.2) is 0 Å². The Morgan fingerprint density at radius 2 is 2.18 bits per heavy atom. The van der Waals surface area contributed by atoms with Crippen LogP contribution in [0.2, 0.25) is 0 Å². The Kier molecular flexibility index (Phi) is 3.36. The second kappa shape index (κ2) is 4.78. The lowest BCUT2D eigenvalue weighted by Crippen LogP contribution is -2.34. The quantitative estimate of drug-likeness (QED) is 0.849. The lowest BCUT2D eigenvalue weighted by molar-refractivity contribution is 0.0754. The van der Waals surface area contributed by atoms with Crippen LogP contribution in [0.4, 0.5) is 5.69 Å². The van der Waals surface area contributed by atoms with Gasteiger partial charge in [0, 0.05) is 30.9 Å². The topological polar surface area (TPSA) is 32.3 Å². The number of rotatable bonds is 2. The van der Waals surface area contributed by atoms with Gasteiger partial charge in [-0.2, -0.15) is 0 Å². The summed E-state index contributed by atoms with van der Waals surface area (Å²) >= 11 is 0. The van der Waals surface area contributed by atoms with Gasteiger partial charge in [0.1, 0.15) is 0 Å². The maximum absolute atomic E-state index is 12.4. The van der Waals surface area contributed by atoms with Crippen LogP contribution in [-0.4, -0.2) is 30.4 Å². The van der Waals surface area contributed by atoms with Gasteiger partial charge in [-0.1, -0.05) is 6.07 Å². The second-order valence-corrected chi connectivity index (χ2v) is 4.87. The number of carbonyl (C=O) groups excluding carboxylic acids is 1. The van der Waals surface area contributed by atoms with Crippen molar-refractivity contribution in [3.05, 3.63) is 29.3 Å². The summed E-state index contributed by atoms with van der Waals surface area (Å²) in [5, 5.41) is 3.36. The van der Waals surface area contributed by atoms with Gasteiger partial charge < -0.3 is 10.2 Å². The van der Waals surface area contributed by atoms with Gasteiger partial charge in [0.15, 0.2) is 0 Å². The predicted molar refractivity (Wildman–Crippen MR) is 70.5 cm³/mol. The predicted octanol–water partition coefficient (Wildman–Crippen LogP) is 2.53. The molecule has 0 radical (unpaired) electrons. The maximum atomic E-state index is 12.4. The molecule has 17 heavy (non-hydrogen) atoms. The Labute approximate surface area is 103 Å². The molecule has 1 amide bonds. The first kappa shape index (κ1) is 12.0. The molecule has 0 aliphatic carbocycles. The number of fused-ring (bicyclic) bond motifs is 1. The molecular formula is C14H20N2O. The summed E-state index contributed by atoms with van der Waals surface area (Å²) in [4.78, 5) is 14.2. The maximum Gasteiger partial charge on any atom is 0.254 e. The molecule has 0 saturated carbocycles. The third-order valence-corrected chi connectivity index (χ3v) is 3.42. The molecule has 0 aromatic heterocycles. The number of nitrogens with one attached hydrogen (secondary N) is 1. The highest BCUT2D eigenvalue weighted by Crippen LogP contribution is 2.26. The van der Waals surface area contributed by atoms with Crippen molar-refractivity contribution in [1.82, 2.24) is 4.90 Å². The van der Waals surface area contributed by atoms with Crippen molar-refractivity contribution < 1.29 is 4.79 Å². The molecule has 92 valence electrons.